The van der Waals surface area contributed by atoms with Gasteiger partial charge in [-0.25, -0.2) is 0 Å². The van der Waals surface area contributed by atoms with Crippen LogP contribution in [0.4, 0.5) is 0 Å². The standard InChI is InChI=1S/C12H19NO2/c1-9-8-11(10(2)13)4-5-12(9)15-7-6-14-3/h4-5,8,10H,6-7,13H2,1-3H3/t10-/m0/s1. The summed E-state index contributed by atoms with van der Waals surface area (Å²) < 4.78 is 10.5. The zero-order valence-corrected chi connectivity index (χ0v) is 9.62. The lowest BCUT2D eigenvalue weighted by atomic mass is 10.1. The number of benzene rings is 1. The minimum atomic E-state index is 0.0664. The first-order valence-electron chi connectivity index (χ1n) is 5.13. The highest BCUT2D eigenvalue weighted by atomic mass is 16.5. The van der Waals surface area contributed by atoms with Gasteiger partial charge in [0.2, 0.25) is 0 Å². The number of methoxy groups -OCH3 is 1. The molecule has 1 aromatic carbocycles. The Labute approximate surface area is 91.2 Å². The van der Waals surface area contributed by atoms with Crippen LogP contribution in [0.3, 0.4) is 0 Å². The number of hydrogen-bond acceptors (Lipinski definition) is 3. The van der Waals surface area contributed by atoms with E-state index in [1.54, 1.807) is 7.11 Å². The van der Waals surface area contributed by atoms with E-state index < -0.39 is 0 Å². The van der Waals surface area contributed by atoms with Crippen LogP contribution in [0, 0.1) is 6.92 Å². The maximum atomic E-state index is 5.79. The Bertz CT molecular complexity index is 310. The average molecular weight is 209 g/mol. The van der Waals surface area contributed by atoms with Gasteiger partial charge in [-0.3, -0.25) is 0 Å². The SMILES string of the molecule is COCCOc1ccc([C@H](C)N)cc1C. The van der Waals surface area contributed by atoms with Crippen LogP contribution in [-0.2, 0) is 4.74 Å². The zero-order chi connectivity index (χ0) is 11.3. The molecule has 2 N–H and O–H groups in total. The first kappa shape index (κ1) is 12.0. The van der Waals surface area contributed by atoms with Crippen LogP contribution in [-0.4, -0.2) is 20.3 Å². The van der Waals surface area contributed by atoms with Gasteiger partial charge >= 0.3 is 0 Å². The Hall–Kier alpha value is -1.06. The molecule has 0 fully saturated rings. The molecule has 0 heterocycles. The average Bonchev–Trinajstić information content (AvgIpc) is 2.20. The van der Waals surface area contributed by atoms with Crippen molar-refractivity contribution < 1.29 is 9.47 Å². The molecule has 0 saturated heterocycles. The predicted octanol–water partition coefficient (Wildman–Crippen LogP) is 2.04. The number of rotatable bonds is 5. The lowest BCUT2D eigenvalue weighted by Crippen LogP contribution is -2.07. The molecule has 1 atom stereocenters. The molecule has 0 aromatic heterocycles. The first-order valence-corrected chi connectivity index (χ1v) is 5.13. The van der Waals surface area contributed by atoms with Crippen molar-refractivity contribution in [1.29, 1.82) is 0 Å². The molecule has 0 amide bonds. The van der Waals surface area contributed by atoms with E-state index in [-0.39, 0.29) is 6.04 Å². The molecule has 0 aliphatic rings. The summed E-state index contributed by atoms with van der Waals surface area (Å²) >= 11 is 0. The van der Waals surface area contributed by atoms with E-state index in [0.717, 1.165) is 16.9 Å². The van der Waals surface area contributed by atoms with Gasteiger partial charge in [-0.15, -0.1) is 0 Å². The summed E-state index contributed by atoms with van der Waals surface area (Å²) in [5.41, 5.74) is 8.04. The van der Waals surface area contributed by atoms with Gasteiger partial charge in [0.05, 0.1) is 6.61 Å². The molecule has 1 aromatic rings. The summed E-state index contributed by atoms with van der Waals surface area (Å²) in [7, 11) is 1.66. The van der Waals surface area contributed by atoms with Gasteiger partial charge in [-0.05, 0) is 31.0 Å². The Morgan fingerprint density at radius 2 is 2.07 bits per heavy atom. The molecule has 0 aliphatic carbocycles. The van der Waals surface area contributed by atoms with E-state index in [2.05, 4.69) is 6.07 Å². The topological polar surface area (TPSA) is 44.5 Å². The van der Waals surface area contributed by atoms with Gasteiger partial charge in [-0.1, -0.05) is 12.1 Å². The van der Waals surface area contributed by atoms with Crippen molar-refractivity contribution in [3.63, 3.8) is 0 Å². The van der Waals surface area contributed by atoms with Gasteiger partial charge in [0, 0.05) is 13.2 Å². The van der Waals surface area contributed by atoms with Crippen molar-refractivity contribution in [1.82, 2.24) is 0 Å². The van der Waals surface area contributed by atoms with Crippen molar-refractivity contribution >= 4 is 0 Å². The Morgan fingerprint density at radius 3 is 2.60 bits per heavy atom. The fourth-order valence-corrected chi connectivity index (χ4v) is 1.35. The fourth-order valence-electron chi connectivity index (χ4n) is 1.35. The van der Waals surface area contributed by atoms with Crippen molar-refractivity contribution in [3.8, 4) is 5.75 Å². The second-order valence-electron chi connectivity index (χ2n) is 3.65. The molecular weight excluding hydrogens is 190 g/mol. The first-order chi connectivity index (χ1) is 7.15. The molecule has 1 rings (SSSR count). The van der Waals surface area contributed by atoms with E-state index >= 15 is 0 Å². The maximum absolute atomic E-state index is 5.79. The minimum absolute atomic E-state index is 0.0664. The van der Waals surface area contributed by atoms with Crippen LogP contribution in [0.15, 0.2) is 18.2 Å². The summed E-state index contributed by atoms with van der Waals surface area (Å²) in [5.74, 6) is 0.899. The van der Waals surface area contributed by atoms with E-state index in [9.17, 15) is 0 Å². The highest BCUT2D eigenvalue weighted by Gasteiger charge is 2.03. The van der Waals surface area contributed by atoms with Crippen molar-refractivity contribution in [2.75, 3.05) is 20.3 Å². The molecule has 15 heavy (non-hydrogen) atoms. The molecule has 0 aliphatic heterocycles. The van der Waals surface area contributed by atoms with E-state index in [4.69, 9.17) is 15.2 Å². The van der Waals surface area contributed by atoms with E-state index in [1.807, 2.05) is 26.0 Å². The summed E-state index contributed by atoms with van der Waals surface area (Å²) in [6, 6.07) is 6.09. The molecule has 3 nitrogen and oxygen atoms in total. The Balaban J connectivity index is 2.66. The molecule has 3 heteroatoms. The third-order valence-electron chi connectivity index (χ3n) is 2.27. The van der Waals surface area contributed by atoms with Crippen molar-refractivity contribution in [3.05, 3.63) is 29.3 Å². The lowest BCUT2D eigenvalue weighted by molar-refractivity contribution is 0.146. The third kappa shape index (κ3) is 3.53. The monoisotopic (exact) mass is 209 g/mol. The molecule has 0 radical (unpaired) electrons. The second-order valence-corrected chi connectivity index (χ2v) is 3.65. The van der Waals surface area contributed by atoms with Gasteiger partial charge in [0.1, 0.15) is 12.4 Å². The van der Waals surface area contributed by atoms with E-state index in [0.29, 0.717) is 13.2 Å². The molecule has 0 bridgehead atoms. The summed E-state index contributed by atoms with van der Waals surface area (Å²) in [6.45, 7) is 5.18. The molecule has 0 unspecified atom stereocenters. The van der Waals surface area contributed by atoms with Gasteiger partial charge in [0.15, 0.2) is 0 Å². The van der Waals surface area contributed by atoms with Gasteiger partial charge in [-0.2, -0.15) is 0 Å². The van der Waals surface area contributed by atoms with Crippen LogP contribution in [0.5, 0.6) is 5.75 Å². The zero-order valence-electron chi connectivity index (χ0n) is 9.62. The summed E-state index contributed by atoms with van der Waals surface area (Å²) in [6.07, 6.45) is 0. The molecule has 0 spiro atoms. The quantitative estimate of drug-likeness (QED) is 0.755. The number of nitrogens with two attached hydrogens (primary N) is 1. The maximum Gasteiger partial charge on any atom is 0.122 e. The lowest BCUT2D eigenvalue weighted by Gasteiger charge is -2.11. The second kappa shape index (κ2) is 5.73. The molecule has 84 valence electrons. The summed E-state index contributed by atoms with van der Waals surface area (Å²) in [5, 5.41) is 0. The van der Waals surface area contributed by atoms with Crippen molar-refractivity contribution in [2.45, 2.75) is 19.9 Å². The third-order valence-corrected chi connectivity index (χ3v) is 2.27. The number of hydrogen-bond donors (Lipinski definition) is 1. The fraction of sp³-hybridized carbons (Fsp3) is 0.500. The Morgan fingerprint density at radius 1 is 1.33 bits per heavy atom. The number of aryl methyl sites for hydroxylation is 1. The van der Waals surface area contributed by atoms with Crippen LogP contribution in [0.25, 0.3) is 0 Å². The number of ether oxygens (including phenoxy) is 2. The normalized spacial score (nSPS) is 12.5. The van der Waals surface area contributed by atoms with Crippen LogP contribution in [0.1, 0.15) is 24.1 Å². The van der Waals surface area contributed by atoms with Gasteiger partial charge in [0.25, 0.3) is 0 Å². The largest absolute Gasteiger partial charge is 0.491 e. The molecular formula is C12H19NO2. The van der Waals surface area contributed by atoms with Gasteiger partial charge < -0.3 is 15.2 Å². The van der Waals surface area contributed by atoms with Crippen LogP contribution in [0.2, 0.25) is 0 Å². The Kier molecular flexibility index (Phi) is 4.59. The minimum Gasteiger partial charge on any atom is -0.491 e. The van der Waals surface area contributed by atoms with Crippen molar-refractivity contribution in [2.24, 2.45) is 5.73 Å². The van der Waals surface area contributed by atoms with Crippen LogP contribution >= 0.6 is 0 Å². The molecule has 0 saturated carbocycles. The smallest absolute Gasteiger partial charge is 0.122 e. The highest BCUT2D eigenvalue weighted by Crippen LogP contribution is 2.21. The summed E-state index contributed by atoms with van der Waals surface area (Å²) in [4.78, 5) is 0. The highest BCUT2D eigenvalue weighted by molar-refractivity contribution is 5.37. The van der Waals surface area contributed by atoms with E-state index in [1.165, 1.54) is 0 Å². The van der Waals surface area contributed by atoms with Crippen LogP contribution < -0.4 is 10.5 Å². The predicted molar refractivity (Wildman–Crippen MR) is 61.2 cm³/mol.